The van der Waals surface area contributed by atoms with E-state index in [9.17, 15) is 0 Å². The highest BCUT2D eigenvalue weighted by Crippen LogP contribution is 2.39. The second kappa shape index (κ2) is 11.0. The molecule has 1 aliphatic carbocycles. The van der Waals surface area contributed by atoms with Gasteiger partial charge in [-0.1, -0.05) is 115 Å². The van der Waals surface area contributed by atoms with Gasteiger partial charge in [-0.05, 0) is 89.7 Å². The quantitative estimate of drug-likeness (QED) is 0.196. The van der Waals surface area contributed by atoms with Crippen LogP contribution in [0.4, 0.5) is 0 Å². The Hall–Kier alpha value is -6.58. The maximum Gasteiger partial charge on any atom is 0.0547 e. The lowest BCUT2D eigenvalue weighted by molar-refractivity contribution is 0.889. The van der Waals surface area contributed by atoms with Gasteiger partial charge in [0.15, 0.2) is 0 Å². The number of para-hydroxylation sites is 1. The first-order valence-corrected chi connectivity index (χ1v) is 17.8. The summed E-state index contributed by atoms with van der Waals surface area (Å²) in [5.74, 6) is 0. The van der Waals surface area contributed by atoms with E-state index in [1.165, 1.54) is 82.7 Å². The van der Waals surface area contributed by atoms with E-state index in [1.807, 2.05) is 0 Å². The number of nitrogens with one attached hydrogen (secondary N) is 1. The number of rotatable bonds is 4. The highest BCUT2D eigenvalue weighted by molar-refractivity contribution is 6.12. The van der Waals surface area contributed by atoms with Gasteiger partial charge in [0.05, 0.1) is 16.6 Å². The molecule has 0 bridgehead atoms. The number of allylic oxidation sites excluding steroid dienone is 1. The second-order valence-electron chi connectivity index (χ2n) is 13.8. The molecule has 10 aromatic rings. The van der Waals surface area contributed by atoms with Gasteiger partial charge in [-0.15, -0.1) is 0 Å². The Morgan fingerprint density at radius 2 is 0.980 bits per heavy atom. The molecule has 0 saturated heterocycles. The molecule has 0 unspecified atom stereocenters. The lowest BCUT2D eigenvalue weighted by atomic mass is 10.00. The Balaban J connectivity index is 1.12. The molecule has 1 aliphatic rings. The molecule has 7 aromatic carbocycles. The predicted molar refractivity (Wildman–Crippen MR) is 215 cm³/mol. The Morgan fingerprint density at radius 1 is 0.412 bits per heavy atom. The van der Waals surface area contributed by atoms with Crippen LogP contribution in [0.25, 0.3) is 94.2 Å². The maximum atomic E-state index is 3.73. The summed E-state index contributed by atoms with van der Waals surface area (Å²) >= 11 is 0. The van der Waals surface area contributed by atoms with Crippen molar-refractivity contribution in [2.75, 3.05) is 0 Å². The Morgan fingerprint density at radius 3 is 1.67 bits per heavy atom. The fourth-order valence-corrected chi connectivity index (χ4v) is 8.53. The molecule has 240 valence electrons. The maximum absolute atomic E-state index is 3.73. The average molecular weight is 652 g/mol. The summed E-state index contributed by atoms with van der Waals surface area (Å²) in [6, 6.07) is 57.8. The van der Waals surface area contributed by atoms with E-state index >= 15 is 0 Å². The average Bonchev–Trinajstić information content (AvgIpc) is 3.85. The first-order chi connectivity index (χ1) is 25.3. The molecule has 51 heavy (non-hydrogen) atoms. The van der Waals surface area contributed by atoms with E-state index in [0.717, 1.165) is 29.6 Å². The van der Waals surface area contributed by atoms with E-state index in [1.54, 1.807) is 0 Å². The first-order valence-electron chi connectivity index (χ1n) is 17.8. The van der Waals surface area contributed by atoms with Crippen LogP contribution in [-0.4, -0.2) is 14.1 Å². The molecular weight excluding hydrogens is 619 g/mol. The summed E-state index contributed by atoms with van der Waals surface area (Å²) in [6.45, 7) is 0. The fraction of sp³-hybridized carbons (Fsp3) is 0.0417. The Bertz CT molecular complexity index is 3010. The van der Waals surface area contributed by atoms with Crippen molar-refractivity contribution in [1.82, 2.24) is 14.1 Å². The number of hydrogen-bond acceptors (Lipinski definition) is 0. The summed E-state index contributed by atoms with van der Waals surface area (Å²) in [4.78, 5) is 3.73. The Kier molecular flexibility index (Phi) is 6.08. The molecule has 3 heterocycles. The normalized spacial score (nSPS) is 12.9. The van der Waals surface area contributed by atoms with Gasteiger partial charge in [-0.25, -0.2) is 0 Å². The number of nitrogens with zero attached hydrogens (tertiary/aromatic N) is 2. The molecule has 0 fully saturated rings. The molecule has 3 heteroatoms. The number of hydrogen-bond donors (Lipinski definition) is 1. The highest BCUT2D eigenvalue weighted by Gasteiger charge is 2.20. The Labute approximate surface area is 295 Å². The molecule has 0 saturated carbocycles. The van der Waals surface area contributed by atoms with Gasteiger partial charge in [-0.3, -0.25) is 0 Å². The van der Waals surface area contributed by atoms with Crippen LogP contribution in [0, 0.1) is 0 Å². The minimum Gasteiger partial charge on any atom is -0.355 e. The van der Waals surface area contributed by atoms with Crippen LogP contribution in [0.3, 0.4) is 0 Å². The van der Waals surface area contributed by atoms with E-state index in [2.05, 4.69) is 184 Å². The van der Waals surface area contributed by atoms with E-state index < -0.39 is 0 Å². The summed E-state index contributed by atoms with van der Waals surface area (Å²) in [5.41, 5.74) is 16.0. The fourth-order valence-electron chi connectivity index (χ4n) is 8.53. The van der Waals surface area contributed by atoms with Crippen LogP contribution < -0.4 is 0 Å². The topological polar surface area (TPSA) is 25.6 Å². The number of H-pyrrole nitrogens is 1. The van der Waals surface area contributed by atoms with Gasteiger partial charge in [0.1, 0.15) is 0 Å². The minimum atomic E-state index is 1.02. The minimum absolute atomic E-state index is 1.02. The number of fused-ring (bicyclic) bond motifs is 9. The third-order valence-electron chi connectivity index (χ3n) is 10.9. The molecule has 1 N–H and O–H groups in total. The van der Waals surface area contributed by atoms with Crippen LogP contribution in [0.2, 0.25) is 0 Å². The molecular formula is C48H33N3. The molecule has 3 aromatic heterocycles. The largest absolute Gasteiger partial charge is 0.355 e. The summed E-state index contributed by atoms with van der Waals surface area (Å²) in [5, 5.41) is 6.30. The molecule has 0 spiro atoms. The van der Waals surface area contributed by atoms with Crippen molar-refractivity contribution < 1.29 is 0 Å². The van der Waals surface area contributed by atoms with Crippen molar-refractivity contribution in [2.45, 2.75) is 12.8 Å². The van der Waals surface area contributed by atoms with Gasteiger partial charge < -0.3 is 14.1 Å². The zero-order valence-electron chi connectivity index (χ0n) is 28.0. The van der Waals surface area contributed by atoms with Gasteiger partial charge in [0.25, 0.3) is 0 Å². The van der Waals surface area contributed by atoms with E-state index in [4.69, 9.17) is 0 Å². The van der Waals surface area contributed by atoms with Crippen LogP contribution in [-0.2, 0) is 6.42 Å². The van der Waals surface area contributed by atoms with Crippen molar-refractivity contribution in [3.05, 3.63) is 175 Å². The van der Waals surface area contributed by atoms with E-state index in [0.29, 0.717) is 0 Å². The molecule has 0 amide bonds. The van der Waals surface area contributed by atoms with Crippen molar-refractivity contribution in [2.24, 2.45) is 0 Å². The lowest BCUT2D eigenvalue weighted by Gasteiger charge is -2.14. The van der Waals surface area contributed by atoms with Crippen LogP contribution in [0.1, 0.15) is 17.7 Å². The second-order valence-corrected chi connectivity index (χ2v) is 13.8. The standard InChI is InChI=1S/C48H33N3/c1-3-11-31(12-4-1)33-19-23-39-37-15-7-9-17-45(37)50(47(39)27-33)35-21-25-43-41(29-35)42-30-36(22-26-44(42)49-43)51-46-18-10-8-16-38(46)40-24-20-34(28-48(40)51)32-13-5-2-6-14-32/h1-9,11-17,19-30,49H,10,18H2. The summed E-state index contributed by atoms with van der Waals surface area (Å²) in [7, 11) is 0. The third-order valence-corrected chi connectivity index (χ3v) is 10.9. The number of benzene rings is 7. The van der Waals surface area contributed by atoms with Crippen molar-refractivity contribution >= 4 is 60.6 Å². The lowest BCUT2D eigenvalue weighted by Crippen LogP contribution is -2.02. The first kappa shape index (κ1) is 28.3. The summed E-state index contributed by atoms with van der Waals surface area (Å²) in [6.07, 6.45) is 6.72. The van der Waals surface area contributed by atoms with Crippen molar-refractivity contribution in [3.63, 3.8) is 0 Å². The highest BCUT2D eigenvalue weighted by atomic mass is 15.0. The number of aromatic nitrogens is 3. The SMILES string of the molecule is C1=Cc2c(n(-c3ccc4[nH]c5ccc(-n6c7ccccc7c7ccc(-c8ccccc8)cc76)cc5c4c3)c3cc(-c4ccccc4)ccc23)CC1. The van der Waals surface area contributed by atoms with Crippen LogP contribution in [0.5, 0.6) is 0 Å². The van der Waals surface area contributed by atoms with Crippen LogP contribution >= 0.6 is 0 Å². The number of aromatic amines is 1. The van der Waals surface area contributed by atoms with Gasteiger partial charge in [0.2, 0.25) is 0 Å². The molecule has 3 nitrogen and oxygen atoms in total. The summed E-state index contributed by atoms with van der Waals surface area (Å²) < 4.78 is 4.95. The van der Waals surface area contributed by atoms with Crippen molar-refractivity contribution in [1.29, 1.82) is 0 Å². The zero-order chi connectivity index (χ0) is 33.5. The zero-order valence-corrected chi connectivity index (χ0v) is 28.0. The van der Waals surface area contributed by atoms with Gasteiger partial charge in [-0.2, -0.15) is 0 Å². The van der Waals surface area contributed by atoms with Crippen molar-refractivity contribution in [3.8, 4) is 33.6 Å². The monoisotopic (exact) mass is 651 g/mol. The molecule has 0 aliphatic heterocycles. The molecule has 0 radical (unpaired) electrons. The molecule has 11 rings (SSSR count). The third kappa shape index (κ3) is 4.31. The van der Waals surface area contributed by atoms with E-state index in [-0.39, 0.29) is 0 Å². The smallest absolute Gasteiger partial charge is 0.0547 e. The van der Waals surface area contributed by atoms with Gasteiger partial charge in [0, 0.05) is 60.6 Å². The molecule has 0 atom stereocenters. The van der Waals surface area contributed by atoms with Gasteiger partial charge >= 0.3 is 0 Å². The van der Waals surface area contributed by atoms with Crippen LogP contribution in [0.15, 0.2) is 164 Å². The predicted octanol–water partition coefficient (Wildman–Crippen LogP) is 12.7.